The van der Waals surface area contributed by atoms with Crippen molar-refractivity contribution in [3.05, 3.63) is 71.8 Å². The number of esters is 1. The van der Waals surface area contributed by atoms with Gasteiger partial charge in [0.15, 0.2) is 6.10 Å². The summed E-state index contributed by atoms with van der Waals surface area (Å²) in [6, 6.07) is 16.0. The molecule has 0 aliphatic rings. The van der Waals surface area contributed by atoms with Crippen LogP contribution in [0.5, 0.6) is 5.75 Å². The van der Waals surface area contributed by atoms with Gasteiger partial charge < -0.3 is 14.8 Å². The lowest BCUT2D eigenvalue weighted by Crippen LogP contribution is -2.28. The molecule has 0 spiro atoms. The summed E-state index contributed by atoms with van der Waals surface area (Å²) in [5.41, 5.74) is 1.34. The van der Waals surface area contributed by atoms with Crippen molar-refractivity contribution in [2.45, 2.75) is 19.4 Å². The summed E-state index contributed by atoms with van der Waals surface area (Å²) < 4.78 is 10.2. The molecule has 6 heteroatoms. The van der Waals surface area contributed by atoms with Crippen LogP contribution in [-0.2, 0) is 14.3 Å². The molecule has 146 valence electrons. The summed E-state index contributed by atoms with van der Waals surface area (Å²) in [4.78, 5) is 35.9. The van der Waals surface area contributed by atoms with Crippen molar-refractivity contribution in [1.29, 1.82) is 0 Å². The maximum Gasteiger partial charge on any atom is 0.308 e. The average molecular weight is 381 g/mol. The lowest BCUT2D eigenvalue weighted by Gasteiger charge is -2.12. The molecule has 0 radical (unpaired) electrons. The Bertz CT molecular complexity index is 828. The van der Waals surface area contributed by atoms with E-state index in [1.54, 1.807) is 30.3 Å². The number of hydrogen-bond acceptors (Lipinski definition) is 5. The normalized spacial score (nSPS) is 11.6. The predicted molar refractivity (Wildman–Crippen MR) is 106 cm³/mol. The highest BCUT2D eigenvalue weighted by atomic mass is 16.5. The Balaban J connectivity index is 1.73. The number of ketones is 1. The maximum absolute atomic E-state index is 12.3. The number of carbonyl (C=O) groups is 3. The van der Waals surface area contributed by atoms with Crippen molar-refractivity contribution in [2.75, 3.05) is 13.7 Å². The standard InChI is InChI=1S/C22H23NO5/c1-16(22(26)18-9-11-19(27-2)12-10-18)28-21(25)14-15-23-20(24)13-8-17-6-4-3-5-7-17/h3-13,16H,14-15H2,1-2H3,(H,23,24)/b13-8+/t16-/m1/s1. The Morgan fingerprint density at radius 2 is 1.71 bits per heavy atom. The smallest absolute Gasteiger partial charge is 0.308 e. The highest BCUT2D eigenvalue weighted by molar-refractivity contribution is 6.00. The number of amides is 1. The van der Waals surface area contributed by atoms with E-state index in [1.165, 1.54) is 20.1 Å². The molecular weight excluding hydrogens is 358 g/mol. The molecule has 0 saturated carbocycles. The molecule has 0 aliphatic heterocycles. The topological polar surface area (TPSA) is 81.7 Å². The third kappa shape index (κ3) is 6.72. The zero-order chi connectivity index (χ0) is 20.4. The van der Waals surface area contributed by atoms with Gasteiger partial charge in [0.25, 0.3) is 0 Å². The van der Waals surface area contributed by atoms with Crippen LogP contribution in [0.15, 0.2) is 60.7 Å². The molecule has 0 bridgehead atoms. The molecule has 0 unspecified atom stereocenters. The molecule has 0 aromatic heterocycles. The van der Waals surface area contributed by atoms with Gasteiger partial charge in [-0.2, -0.15) is 0 Å². The zero-order valence-electron chi connectivity index (χ0n) is 15.9. The van der Waals surface area contributed by atoms with Crippen molar-refractivity contribution >= 4 is 23.7 Å². The average Bonchev–Trinajstić information content (AvgIpc) is 2.72. The fraction of sp³-hybridized carbons (Fsp3) is 0.227. The van der Waals surface area contributed by atoms with E-state index >= 15 is 0 Å². The second-order valence-corrected chi connectivity index (χ2v) is 6.01. The van der Waals surface area contributed by atoms with E-state index < -0.39 is 12.1 Å². The lowest BCUT2D eigenvalue weighted by atomic mass is 10.1. The summed E-state index contributed by atoms with van der Waals surface area (Å²) in [5.74, 6) is -0.523. The van der Waals surface area contributed by atoms with Gasteiger partial charge in [-0.05, 0) is 42.8 Å². The Hall–Kier alpha value is -3.41. The number of carbonyl (C=O) groups excluding carboxylic acids is 3. The van der Waals surface area contributed by atoms with Crippen LogP contribution in [0.3, 0.4) is 0 Å². The van der Waals surface area contributed by atoms with Crippen molar-refractivity contribution < 1.29 is 23.9 Å². The summed E-state index contributed by atoms with van der Waals surface area (Å²) in [7, 11) is 1.54. The van der Waals surface area contributed by atoms with Crippen LogP contribution < -0.4 is 10.1 Å². The Labute approximate surface area is 164 Å². The first kappa shape index (κ1) is 20.9. The zero-order valence-corrected chi connectivity index (χ0v) is 15.9. The van der Waals surface area contributed by atoms with Gasteiger partial charge in [-0.25, -0.2) is 0 Å². The third-order valence-corrected chi connectivity index (χ3v) is 3.91. The minimum absolute atomic E-state index is 0.0227. The van der Waals surface area contributed by atoms with E-state index in [0.29, 0.717) is 11.3 Å². The van der Waals surface area contributed by atoms with Gasteiger partial charge in [-0.15, -0.1) is 0 Å². The van der Waals surface area contributed by atoms with Gasteiger partial charge in [0.1, 0.15) is 5.75 Å². The van der Waals surface area contributed by atoms with Crippen LogP contribution in [0.4, 0.5) is 0 Å². The second kappa shape index (κ2) is 10.7. The molecule has 1 N–H and O–H groups in total. The lowest BCUT2D eigenvalue weighted by molar-refractivity contribution is -0.146. The van der Waals surface area contributed by atoms with E-state index in [4.69, 9.17) is 9.47 Å². The van der Waals surface area contributed by atoms with Crippen LogP contribution in [0.25, 0.3) is 6.08 Å². The molecule has 0 aliphatic carbocycles. The highest BCUT2D eigenvalue weighted by Gasteiger charge is 2.19. The van der Waals surface area contributed by atoms with Crippen LogP contribution >= 0.6 is 0 Å². The number of methoxy groups -OCH3 is 1. The Morgan fingerprint density at radius 3 is 2.36 bits per heavy atom. The van der Waals surface area contributed by atoms with Crippen LogP contribution in [0.1, 0.15) is 29.3 Å². The molecule has 0 heterocycles. The fourth-order valence-electron chi connectivity index (χ4n) is 2.38. The summed E-state index contributed by atoms with van der Waals surface area (Å²) in [5, 5.41) is 2.61. The monoisotopic (exact) mass is 381 g/mol. The molecule has 0 saturated heterocycles. The molecule has 1 atom stereocenters. The minimum atomic E-state index is -0.908. The van der Waals surface area contributed by atoms with Crippen LogP contribution in [0.2, 0.25) is 0 Å². The molecular formula is C22H23NO5. The van der Waals surface area contributed by atoms with Crippen molar-refractivity contribution in [1.82, 2.24) is 5.32 Å². The van der Waals surface area contributed by atoms with Gasteiger partial charge >= 0.3 is 5.97 Å². The quantitative estimate of drug-likeness (QED) is 0.410. The van der Waals surface area contributed by atoms with E-state index in [-0.39, 0.29) is 24.7 Å². The van der Waals surface area contributed by atoms with E-state index in [0.717, 1.165) is 5.56 Å². The van der Waals surface area contributed by atoms with Gasteiger partial charge in [0, 0.05) is 18.2 Å². The third-order valence-electron chi connectivity index (χ3n) is 3.91. The number of ether oxygens (including phenoxy) is 2. The molecule has 6 nitrogen and oxygen atoms in total. The number of rotatable bonds is 9. The van der Waals surface area contributed by atoms with Crippen LogP contribution in [-0.4, -0.2) is 37.4 Å². The predicted octanol–water partition coefficient (Wildman–Crippen LogP) is 3.03. The van der Waals surface area contributed by atoms with Crippen LogP contribution in [0, 0.1) is 0 Å². The minimum Gasteiger partial charge on any atom is -0.497 e. The molecule has 1 amide bonds. The van der Waals surface area contributed by atoms with Gasteiger partial charge in [-0.1, -0.05) is 30.3 Å². The number of Topliss-reactive ketones (excluding diaryl/α,β-unsaturated/α-hetero) is 1. The molecule has 2 aromatic rings. The first-order valence-electron chi connectivity index (χ1n) is 8.88. The first-order chi connectivity index (χ1) is 13.5. The molecule has 2 rings (SSSR count). The maximum atomic E-state index is 12.3. The molecule has 2 aromatic carbocycles. The largest absolute Gasteiger partial charge is 0.497 e. The summed E-state index contributed by atoms with van der Waals surface area (Å²) >= 11 is 0. The number of nitrogens with one attached hydrogen (secondary N) is 1. The first-order valence-corrected chi connectivity index (χ1v) is 8.88. The molecule has 0 fully saturated rings. The SMILES string of the molecule is COc1ccc(C(=O)[C@@H](C)OC(=O)CCNC(=O)/C=C/c2ccccc2)cc1. The van der Waals surface area contributed by atoms with E-state index in [1.807, 2.05) is 30.3 Å². The van der Waals surface area contributed by atoms with Gasteiger partial charge in [-0.3, -0.25) is 14.4 Å². The van der Waals surface area contributed by atoms with E-state index in [2.05, 4.69) is 5.32 Å². The van der Waals surface area contributed by atoms with E-state index in [9.17, 15) is 14.4 Å². The van der Waals surface area contributed by atoms with Crippen molar-refractivity contribution in [3.8, 4) is 5.75 Å². The summed E-state index contributed by atoms with van der Waals surface area (Å²) in [6.07, 6.45) is 2.15. The Kier molecular flexibility index (Phi) is 7.96. The number of hydrogen-bond donors (Lipinski definition) is 1. The number of benzene rings is 2. The molecule has 28 heavy (non-hydrogen) atoms. The van der Waals surface area contributed by atoms with Gasteiger partial charge in [0.05, 0.1) is 13.5 Å². The summed E-state index contributed by atoms with van der Waals surface area (Å²) in [6.45, 7) is 1.64. The van der Waals surface area contributed by atoms with Crippen molar-refractivity contribution in [3.63, 3.8) is 0 Å². The second-order valence-electron chi connectivity index (χ2n) is 6.01. The van der Waals surface area contributed by atoms with Gasteiger partial charge in [0.2, 0.25) is 11.7 Å². The fourth-order valence-corrected chi connectivity index (χ4v) is 2.38. The highest BCUT2D eigenvalue weighted by Crippen LogP contribution is 2.14. The van der Waals surface area contributed by atoms with Crippen molar-refractivity contribution in [2.24, 2.45) is 0 Å². The Morgan fingerprint density at radius 1 is 1.04 bits per heavy atom.